The molecule has 0 spiro atoms. The minimum atomic E-state index is -0.0362. The number of hydrogen-bond acceptors (Lipinski definition) is 3. The van der Waals surface area contributed by atoms with Gasteiger partial charge in [0, 0.05) is 11.1 Å². The molecule has 0 aromatic heterocycles. The van der Waals surface area contributed by atoms with Crippen molar-refractivity contribution in [2.24, 2.45) is 45.4 Å². The first-order valence-electron chi connectivity index (χ1n) is 9.44. The van der Waals surface area contributed by atoms with Gasteiger partial charge in [0.15, 0.2) is 0 Å². The predicted molar refractivity (Wildman–Crippen MR) is 89.4 cm³/mol. The van der Waals surface area contributed by atoms with E-state index in [1.807, 2.05) is 0 Å². The van der Waals surface area contributed by atoms with Crippen molar-refractivity contribution in [3.05, 3.63) is 0 Å². The van der Waals surface area contributed by atoms with Gasteiger partial charge in [0.05, 0.1) is 6.10 Å². The van der Waals surface area contributed by atoms with Crippen molar-refractivity contribution in [1.29, 1.82) is 0 Å². The first-order valence-corrected chi connectivity index (χ1v) is 9.44. The van der Waals surface area contributed by atoms with Crippen molar-refractivity contribution in [1.82, 2.24) is 0 Å². The Bertz CT molecular complexity index is 490. The van der Waals surface area contributed by atoms with Gasteiger partial charge in [-0.15, -0.1) is 0 Å². The van der Waals surface area contributed by atoms with E-state index in [2.05, 4.69) is 18.9 Å². The standard InChI is InChI=1S/C19H32N2O/c1-18-9-7-13(22)11-12(18)3-4-14-15-5-6-17(21-20)19(15,2)10-8-16(14)18/h12-16,22H,3-11,20H2,1-2H3/b21-17+/t12?,13-,14-,15-,16-,18-,19-/m0/s1. The van der Waals surface area contributed by atoms with Gasteiger partial charge in [0.2, 0.25) is 0 Å². The molecular weight excluding hydrogens is 272 g/mol. The van der Waals surface area contributed by atoms with Crippen molar-refractivity contribution in [3.8, 4) is 0 Å². The van der Waals surface area contributed by atoms with Gasteiger partial charge >= 0.3 is 0 Å². The van der Waals surface area contributed by atoms with Gasteiger partial charge in [-0.3, -0.25) is 0 Å². The average Bonchev–Trinajstić information content (AvgIpc) is 2.84. The Labute approximate surface area is 134 Å². The third-order valence-corrected chi connectivity index (χ3v) is 8.53. The number of rotatable bonds is 0. The highest BCUT2D eigenvalue weighted by Crippen LogP contribution is 2.65. The Morgan fingerprint density at radius 3 is 2.64 bits per heavy atom. The van der Waals surface area contributed by atoms with E-state index in [-0.39, 0.29) is 11.5 Å². The molecule has 3 N–H and O–H groups in total. The van der Waals surface area contributed by atoms with Gasteiger partial charge in [0.25, 0.3) is 0 Å². The van der Waals surface area contributed by atoms with Gasteiger partial charge in [0.1, 0.15) is 0 Å². The van der Waals surface area contributed by atoms with Crippen LogP contribution in [0.3, 0.4) is 0 Å². The fourth-order valence-corrected chi connectivity index (χ4v) is 7.24. The quantitative estimate of drug-likeness (QED) is 0.529. The number of hydrazone groups is 1. The van der Waals surface area contributed by atoms with Crippen molar-refractivity contribution in [2.45, 2.75) is 77.7 Å². The monoisotopic (exact) mass is 304 g/mol. The summed E-state index contributed by atoms with van der Waals surface area (Å²) < 4.78 is 0. The summed E-state index contributed by atoms with van der Waals surface area (Å²) in [5.41, 5.74) is 2.06. The summed E-state index contributed by atoms with van der Waals surface area (Å²) >= 11 is 0. The molecule has 0 amide bonds. The van der Waals surface area contributed by atoms with Crippen LogP contribution >= 0.6 is 0 Å². The van der Waals surface area contributed by atoms with E-state index >= 15 is 0 Å². The molecule has 0 bridgehead atoms. The summed E-state index contributed by atoms with van der Waals surface area (Å²) in [4.78, 5) is 0. The summed E-state index contributed by atoms with van der Waals surface area (Å²) in [5.74, 6) is 9.00. The molecule has 3 heteroatoms. The number of nitrogens with zero attached hydrogens (tertiary/aromatic N) is 1. The first kappa shape index (κ1) is 15.0. The topological polar surface area (TPSA) is 58.6 Å². The van der Waals surface area contributed by atoms with E-state index in [1.54, 1.807) is 0 Å². The molecule has 0 radical (unpaired) electrons. The molecule has 0 saturated heterocycles. The molecule has 0 aromatic rings. The summed E-state index contributed by atoms with van der Waals surface area (Å²) in [5, 5.41) is 14.3. The van der Waals surface area contributed by atoms with Gasteiger partial charge < -0.3 is 10.9 Å². The van der Waals surface area contributed by atoms with Crippen LogP contribution in [0.2, 0.25) is 0 Å². The minimum absolute atomic E-state index is 0.0362. The van der Waals surface area contributed by atoms with Crippen LogP contribution in [-0.2, 0) is 0 Å². The molecule has 4 rings (SSSR count). The van der Waals surface area contributed by atoms with Crippen LogP contribution in [0.1, 0.15) is 71.6 Å². The highest BCUT2D eigenvalue weighted by Gasteiger charge is 2.59. The normalized spacial score (nSPS) is 56.3. The number of nitrogens with two attached hydrogens (primary N) is 1. The lowest BCUT2D eigenvalue weighted by Gasteiger charge is -2.60. The van der Waals surface area contributed by atoms with Crippen molar-refractivity contribution in [3.63, 3.8) is 0 Å². The SMILES string of the molecule is C[C@]12CC[C@H](O)CC1CC[C@@H]1[C@@H]2CC[C@]2(C)/C(=N/N)CC[C@@H]12. The summed E-state index contributed by atoms with van der Waals surface area (Å²) in [6.45, 7) is 4.99. The van der Waals surface area contributed by atoms with Crippen LogP contribution in [0, 0.1) is 34.5 Å². The summed E-state index contributed by atoms with van der Waals surface area (Å²) in [7, 11) is 0. The second kappa shape index (κ2) is 4.96. The molecule has 4 fully saturated rings. The third kappa shape index (κ3) is 1.87. The number of fused-ring (bicyclic) bond motifs is 5. The molecular formula is C19H32N2O. The van der Waals surface area contributed by atoms with Crippen LogP contribution in [0.5, 0.6) is 0 Å². The van der Waals surface area contributed by atoms with Crippen LogP contribution < -0.4 is 5.84 Å². The Balaban J connectivity index is 1.63. The molecule has 7 atom stereocenters. The highest BCUT2D eigenvalue weighted by molar-refractivity contribution is 5.92. The Hall–Kier alpha value is -0.570. The zero-order chi connectivity index (χ0) is 15.5. The van der Waals surface area contributed by atoms with Gasteiger partial charge in [-0.25, -0.2) is 0 Å². The molecule has 4 aliphatic carbocycles. The van der Waals surface area contributed by atoms with Crippen molar-refractivity contribution < 1.29 is 5.11 Å². The lowest BCUT2D eigenvalue weighted by molar-refractivity contribution is -0.113. The summed E-state index contributed by atoms with van der Waals surface area (Å²) in [6, 6.07) is 0. The zero-order valence-corrected chi connectivity index (χ0v) is 14.2. The second-order valence-electron chi connectivity index (χ2n) is 9.16. The van der Waals surface area contributed by atoms with E-state index in [9.17, 15) is 5.11 Å². The van der Waals surface area contributed by atoms with Gasteiger partial charge in [-0.2, -0.15) is 5.10 Å². The van der Waals surface area contributed by atoms with E-state index in [0.29, 0.717) is 5.41 Å². The summed E-state index contributed by atoms with van der Waals surface area (Å²) in [6.07, 6.45) is 11.0. The average molecular weight is 304 g/mol. The smallest absolute Gasteiger partial charge is 0.0543 e. The van der Waals surface area contributed by atoms with E-state index < -0.39 is 0 Å². The van der Waals surface area contributed by atoms with E-state index in [1.165, 1.54) is 44.2 Å². The maximum absolute atomic E-state index is 10.1. The highest BCUT2D eigenvalue weighted by atomic mass is 16.3. The largest absolute Gasteiger partial charge is 0.393 e. The minimum Gasteiger partial charge on any atom is -0.393 e. The predicted octanol–water partition coefficient (Wildman–Crippen LogP) is 3.70. The molecule has 4 aliphatic rings. The Morgan fingerprint density at radius 1 is 1.05 bits per heavy atom. The molecule has 4 saturated carbocycles. The molecule has 3 nitrogen and oxygen atoms in total. The molecule has 0 aliphatic heterocycles. The molecule has 0 heterocycles. The molecule has 1 unspecified atom stereocenters. The number of aliphatic hydroxyl groups is 1. The number of aliphatic hydroxyl groups excluding tert-OH is 1. The lowest BCUT2D eigenvalue weighted by atomic mass is 9.45. The third-order valence-electron chi connectivity index (χ3n) is 8.53. The molecule has 124 valence electrons. The molecule has 0 aromatic carbocycles. The number of hydrogen-bond donors (Lipinski definition) is 2. The Kier molecular flexibility index (Phi) is 3.38. The van der Waals surface area contributed by atoms with Crippen LogP contribution in [0.25, 0.3) is 0 Å². The first-order chi connectivity index (χ1) is 10.5. The fraction of sp³-hybridized carbons (Fsp3) is 0.947. The van der Waals surface area contributed by atoms with Crippen LogP contribution in [0.15, 0.2) is 5.10 Å². The van der Waals surface area contributed by atoms with Gasteiger partial charge in [-0.1, -0.05) is 13.8 Å². The maximum Gasteiger partial charge on any atom is 0.0543 e. The van der Waals surface area contributed by atoms with Crippen LogP contribution in [-0.4, -0.2) is 16.9 Å². The van der Waals surface area contributed by atoms with Crippen LogP contribution in [0.4, 0.5) is 0 Å². The maximum atomic E-state index is 10.1. The Morgan fingerprint density at radius 2 is 1.86 bits per heavy atom. The van der Waals surface area contributed by atoms with Crippen molar-refractivity contribution in [2.75, 3.05) is 0 Å². The molecule has 22 heavy (non-hydrogen) atoms. The fourth-order valence-electron chi connectivity index (χ4n) is 7.24. The second-order valence-corrected chi connectivity index (χ2v) is 9.16. The van der Waals surface area contributed by atoms with E-state index in [0.717, 1.165) is 42.9 Å². The van der Waals surface area contributed by atoms with E-state index in [4.69, 9.17) is 5.84 Å². The lowest BCUT2D eigenvalue weighted by Crippen LogP contribution is -2.54. The van der Waals surface area contributed by atoms with Gasteiger partial charge in [-0.05, 0) is 86.9 Å². The zero-order valence-electron chi connectivity index (χ0n) is 14.2. The van der Waals surface area contributed by atoms with Crippen molar-refractivity contribution >= 4 is 5.71 Å².